The van der Waals surface area contributed by atoms with E-state index < -0.39 is 0 Å². The Balaban J connectivity index is 1.23. The van der Waals surface area contributed by atoms with Crippen LogP contribution in [0.1, 0.15) is 29.0 Å². The van der Waals surface area contributed by atoms with E-state index in [0.717, 1.165) is 18.6 Å². The van der Waals surface area contributed by atoms with Crippen LogP contribution in [0.25, 0.3) is 10.8 Å². The average molecular weight is 380 g/mol. The van der Waals surface area contributed by atoms with Crippen molar-refractivity contribution in [3.63, 3.8) is 0 Å². The monoisotopic (exact) mass is 379 g/mol. The van der Waals surface area contributed by atoms with Crippen LogP contribution in [0.2, 0.25) is 0 Å². The Kier molecular flexibility index (Phi) is 4.57. The molecule has 0 radical (unpaired) electrons. The number of nitrogens with two attached hydrogens (primary N) is 1. The van der Waals surface area contributed by atoms with E-state index in [1.165, 1.54) is 27.5 Å². The molecular weight excluding hydrogens is 354 g/mol. The molecule has 0 heterocycles. The molecule has 2 nitrogen and oxygen atoms in total. The van der Waals surface area contributed by atoms with Crippen molar-refractivity contribution < 1.29 is 4.74 Å². The summed E-state index contributed by atoms with van der Waals surface area (Å²) in [5.74, 6) is 1.31. The molecule has 4 aromatic rings. The third kappa shape index (κ3) is 3.90. The summed E-state index contributed by atoms with van der Waals surface area (Å²) in [7, 11) is 0. The van der Waals surface area contributed by atoms with Crippen molar-refractivity contribution in [2.75, 3.05) is 0 Å². The molecule has 29 heavy (non-hydrogen) atoms. The number of fused-ring (bicyclic) bond motifs is 1. The van der Waals surface area contributed by atoms with Crippen molar-refractivity contribution in [3.05, 3.63) is 114 Å². The molecule has 1 aliphatic rings. The van der Waals surface area contributed by atoms with E-state index in [2.05, 4.69) is 78.9 Å². The van der Waals surface area contributed by atoms with Gasteiger partial charge >= 0.3 is 0 Å². The van der Waals surface area contributed by atoms with Gasteiger partial charge in [-0.1, -0.05) is 84.9 Å². The second-order valence-electron chi connectivity index (χ2n) is 8.19. The maximum absolute atomic E-state index is 6.74. The first-order valence-electron chi connectivity index (χ1n) is 10.2. The van der Waals surface area contributed by atoms with Crippen LogP contribution < -0.4 is 10.5 Å². The van der Waals surface area contributed by atoms with Gasteiger partial charge in [0.1, 0.15) is 12.4 Å². The molecule has 1 aliphatic carbocycles. The zero-order chi connectivity index (χ0) is 19.7. The summed E-state index contributed by atoms with van der Waals surface area (Å²) < 4.78 is 5.90. The van der Waals surface area contributed by atoms with Gasteiger partial charge in [0.15, 0.2) is 0 Å². The topological polar surface area (TPSA) is 35.2 Å². The maximum atomic E-state index is 6.74. The van der Waals surface area contributed by atoms with Crippen molar-refractivity contribution in [1.82, 2.24) is 0 Å². The van der Waals surface area contributed by atoms with E-state index in [0.29, 0.717) is 12.5 Å². The predicted molar refractivity (Wildman–Crippen MR) is 119 cm³/mol. The summed E-state index contributed by atoms with van der Waals surface area (Å²) in [5, 5.41) is 2.56. The SMILES string of the molecule is N[C@]1(Cc2ccc3ccccc3c2)C[C@H]1c1ccc(OCc2ccccc2)cc1. The minimum Gasteiger partial charge on any atom is -0.489 e. The smallest absolute Gasteiger partial charge is 0.119 e. The summed E-state index contributed by atoms with van der Waals surface area (Å²) >= 11 is 0. The second-order valence-corrected chi connectivity index (χ2v) is 8.19. The van der Waals surface area contributed by atoms with Gasteiger partial charge in [0, 0.05) is 11.5 Å². The van der Waals surface area contributed by atoms with Crippen LogP contribution in [0.5, 0.6) is 5.75 Å². The quantitative estimate of drug-likeness (QED) is 0.456. The molecule has 0 aromatic heterocycles. The van der Waals surface area contributed by atoms with E-state index in [1.54, 1.807) is 0 Å². The molecular formula is C27H25NO. The molecule has 0 spiro atoms. The molecule has 2 heteroatoms. The van der Waals surface area contributed by atoms with Crippen LogP contribution in [0.15, 0.2) is 97.1 Å². The fourth-order valence-corrected chi connectivity index (χ4v) is 4.23. The van der Waals surface area contributed by atoms with E-state index in [9.17, 15) is 0 Å². The molecule has 1 saturated carbocycles. The van der Waals surface area contributed by atoms with Crippen molar-refractivity contribution in [2.45, 2.75) is 30.9 Å². The van der Waals surface area contributed by atoms with Crippen LogP contribution in [-0.4, -0.2) is 5.54 Å². The summed E-state index contributed by atoms with van der Waals surface area (Å²) in [6.07, 6.45) is 1.94. The lowest BCUT2D eigenvalue weighted by Gasteiger charge is -2.13. The summed E-state index contributed by atoms with van der Waals surface area (Å²) in [6, 6.07) is 33.9. The van der Waals surface area contributed by atoms with Gasteiger partial charge in [0.05, 0.1) is 0 Å². The first-order valence-corrected chi connectivity index (χ1v) is 10.2. The highest BCUT2D eigenvalue weighted by atomic mass is 16.5. The molecule has 2 atom stereocenters. The van der Waals surface area contributed by atoms with Crippen molar-refractivity contribution in [1.29, 1.82) is 0 Å². The van der Waals surface area contributed by atoms with Crippen LogP contribution in [0.4, 0.5) is 0 Å². The highest BCUT2D eigenvalue weighted by molar-refractivity contribution is 5.83. The van der Waals surface area contributed by atoms with Gasteiger partial charge in [-0.3, -0.25) is 0 Å². The Morgan fingerprint density at radius 1 is 0.759 bits per heavy atom. The molecule has 5 rings (SSSR count). The van der Waals surface area contributed by atoms with Crippen LogP contribution in [-0.2, 0) is 13.0 Å². The Morgan fingerprint density at radius 3 is 2.28 bits per heavy atom. The fraction of sp³-hybridized carbons (Fsp3) is 0.185. The van der Waals surface area contributed by atoms with Crippen LogP contribution in [0, 0.1) is 0 Å². The van der Waals surface area contributed by atoms with Gasteiger partial charge in [-0.05, 0) is 52.4 Å². The second kappa shape index (κ2) is 7.38. The van der Waals surface area contributed by atoms with Gasteiger partial charge in [-0.15, -0.1) is 0 Å². The van der Waals surface area contributed by atoms with Crippen LogP contribution >= 0.6 is 0 Å². The van der Waals surface area contributed by atoms with Gasteiger partial charge < -0.3 is 10.5 Å². The lowest BCUT2D eigenvalue weighted by molar-refractivity contribution is 0.306. The molecule has 4 aromatic carbocycles. The van der Waals surface area contributed by atoms with Crippen molar-refractivity contribution in [3.8, 4) is 5.75 Å². The molecule has 0 bridgehead atoms. The molecule has 0 saturated heterocycles. The highest BCUT2D eigenvalue weighted by Gasteiger charge is 2.51. The number of rotatable bonds is 6. The van der Waals surface area contributed by atoms with Crippen LogP contribution in [0.3, 0.4) is 0 Å². The number of hydrogen-bond acceptors (Lipinski definition) is 2. The van der Waals surface area contributed by atoms with Gasteiger partial charge in [-0.2, -0.15) is 0 Å². The molecule has 0 unspecified atom stereocenters. The zero-order valence-electron chi connectivity index (χ0n) is 16.4. The number of ether oxygens (including phenoxy) is 1. The van der Waals surface area contributed by atoms with Crippen molar-refractivity contribution in [2.24, 2.45) is 5.73 Å². The Morgan fingerprint density at radius 2 is 1.48 bits per heavy atom. The van der Waals surface area contributed by atoms with E-state index >= 15 is 0 Å². The van der Waals surface area contributed by atoms with E-state index in [4.69, 9.17) is 10.5 Å². The fourth-order valence-electron chi connectivity index (χ4n) is 4.23. The highest BCUT2D eigenvalue weighted by Crippen LogP contribution is 2.51. The Hall–Kier alpha value is -3.10. The standard InChI is InChI=1S/C27H25NO/c28-27(17-21-10-11-22-8-4-5-9-24(22)16-21)18-26(27)23-12-14-25(15-13-23)29-19-20-6-2-1-3-7-20/h1-16,26H,17-19,28H2/t26-,27+/m0/s1. The summed E-state index contributed by atoms with van der Waals surface area (Å²) in [4.78, 5) is 0. The zero-order valence-corrected chi connectivity index (χ0v) is 16.4. The number of benzene rings is 4. The average Bonchev–Trinajstić information content (AvgIpc) is 3.44. The van der Waals surface area contributed by atoms with Gasteiger partial charge in [0.25, 0.3) is 0 Å². The predicted octanol–water partition coefficient (Wildman–Crippen LogP) is 5.85. The van der Waals surface area contributed by atoms with Gasteiger partial charge in [-0.25, -0.2) is 0 Å². The maximum Gasteiger partial charge on any atom is 0.119 e. The van der Waals surface area contributed by atoms with Gasteiger partial charge in [0.2, 0.25) is 0 Å². The lowest BCUT2D eigenvalue weighted by atomic mass is 9.97. The third-order valence-corrected chi connectivity index (χ3v) is 6.00. The Bertz CT molecular complexity index is 1120. The Labute approximate surface area is 171 Å². The van der Waals surface area contributed by atoms with E-state index in [-0.39, 0.29) is 5.54 Å². The molecule has 0 amide bonds. The minimum absolute atomic E-state index is 0.144. The summed E-state index contributed by atoms with van der Waals surface area (Å²) in [6.45, 7) is 0.590. The number of hydrogen-bond donors (Lipinski definition) is 1. The van der Waals surface area contributed by atoms with Crippen molar-refractivity contribution >= 4 is 10.8 Å². The normalized spacial score (nSPS) is 20.5. The largest absolute Gasteiger partial charge is 0.489 e. The first-order chi connectivity index (χ1) is 14.2. The molecule has 1 fully saturated rings. The van der Waals surface area contributed by atoms with E-state index in [1.807, 2.05) is 18.2 Å². The molecule has 0 aliphatic heterocycles. The molecule has 2 N–H and O–H groups in total. The summed E-state index contributed by atoms with van der Waals surface area (Å²) in [5.41, 5.74) is 10.4. The minimum atomic E-state index is -0.144. The lowest BCUT2D eigenvalue weighted by Crippen LogP contribution is -2.27. The third-order valence-electron chi connectivity index (χ3n) is 6.00. The molecule has 144 valence electrons. The first kappa shape index (κ1) is 18.0.